The van der Waals surface area contributed by atoms with Gasteiger partial charge in [0.2, 0.25) is 0 Å². The van der Waals surface area contributed by atoms with E-state index in [1.807, 2.05) is 138 Å². The van der Waals surface area contributed by atoms with Gasteiger partial charge in [-0.2, -0.15) is 0 Å². The minimum Gasteiger partial charge on any atom is -0.395 e. The van der Waals surface area contributed by atoms with Gasteiger partial charge < -0.3 is 24.6 Å². The minimum absolute atomic E-state index is 0.0866. The third-order valence-corrected chi connectivity index (χ3v) is 8.54. The van der Waals surface area contributed by atoms with Crippen LogP contribution >= 0.6 is 0 Å². The third-order valence-electron chi connectivity index (χ3n) is 8.54. The number of amides is 1. The van der Waals surface area contributed by atoms with E-state index in [0.717, 1.165) is 27.7 Å². The van der Waals surface area contributed by atoms with Gasteiger partial charge in [0, 0.05) is 66.5 Å². The number of rotatable bonds is 12. The molecule has 0 heterocycles. The quantitative estimate of drug-likeness (QED) is 0.0773. The van der Waals surface area contributed by atoms with E-state index in [9.17, 15) is 19.5 Å². The normalized spacial score (nSPS) is 11.6. The van der Waals surface area contributed by atoms with Gasteiger partial charge in [-0.05, 0) is 41.8 Å². The van der Waals surface area contributed by atoms with Crippen LogP contribution in [0.15, 0.2) is 156 Å². The summed E-state index contributed by atoms with van der Waals surface area (Å²) in [7, 11) is 1.61. The number of carbonyl (C=O) groups excluding carboxylic acids is 3. The molecule has 0 aromatic heterocycles. The molecule has 0 bridgehead atoms. The van der Waals surface area contributed by atoms with Crippen LogP contribution in [0.1, 0.15) is 46.5 Å². The molecule has 54 heavy (non-hydrogen) atoms. The highest BCUT2D eigenvalue weighted by atomic mass is 16.7. The molecule has 6 aromatic rings. The van der Waals surface area contributed by atoms with Crippen molar-refractivity contribution < 1.29 is 29.2 Å². The van der Waals surface area contributed by atoms with E-state index in [0.29, 0.717) is 28.1 Å². The third kappa shape index (κ3) is 8.41. The number of aliphatic hydroxyl groups is 1. The summed E-state index contributed by atoms with van der Waals surface area (Å²) >= 11 is 0. The first kappa shape index (κ1) is 36.9. The Labute approximate surface area is 313 Å². The van der Waals surface area contributed by atoms with Gasteiger partial charge in [-0.1, -0.05) is 120 Å². The number of carbonyl (C=O) groups is 3. The fourth-order valence-electron chi connectivity index (χ4n) is 6.08. The predicted molar refractivity (Wildman–Crippen MR) is 210 cm³/mol. The van der Waals surface area contributed by atoms with Crippen molar-refractivity contribution in [3.8, 4) is 0 Å². The SMILES string of the molecule is CC(=O)O/N=C(/c1ccccc1)c1cccc(N(c2ccc(/C(=N\OC(C)=O)c3ccccc3)c(C(=O)N(C)CCO)c2)c2cccc3ccccc23)c1. The highest BCUT2D eigenvalue weighted by molar-refractivity contribution is 6.19. The number of likely N-dealkylation sites (N-methyl/N-ethyl adjacent to an activating group) is 1. The lowest BCUT2D eigenvalue weighted by molar-refractivity contribution is -0.141. The molecule has 10 nitrogen and oxygen atoms in total. The fraction of sp³-hybridized carbons (Fsp3) is 0.114. The number of nitrogens with zero attached hydrogens (tertiary/aromatic N) is 4. The molecule has 0 saturated heterocycles. The van der Waals surface area contributed by atoms with Crippen molar-refractivity contribution in [1.82, 2.24) is 4.90 Å². The molecule has 0 aliphatic rings. The summed E-state index contributed by atoms with van der Waals surface area (Å²) in [5, 5.41) is 20.2. The summed E-state index contributed by atoms with van der Waals surface area (Å²) < 4.78 is 0. The largest absolute Gasteiger partial charge is 0.395 e. The van der Waals surface area contributed by atoms with E-state index in [1.165, 1.54) is 18.7 Å². The van der Waals surface area contributed by atoms with Crippen molar-refractivity contribution in [3.05, 3.63) is 173 Å². The van der Waals surface area contributed by atoms with Gasteiger partial charge in [-0.15, -0.1) is 0 Å². The number of hydrogen-bond donors (Lipinski definition) is 1. The molecule has 0 fully saturated rings. The van der Waals surface area contributed by atoms with Crippen LogP contribution in [0, 0.1) is 0 Å². The predicted octanol–water partition coefficient (Wildman–Crippen LogP) is 8.00. The van der Waals surface area contributed by atoms with Crippen LogP contribution in [0.5, 0.6) is 0 Å². The van der Waals surface area contributed by atoms with E-state index in [1.54, 1.807) is 19.2 Å². The molecule has 0 unspecified atom stereocenters. The van der Waals surface area contributed by atoms with Crippen molar-refractivity contribution in [2.24, 2.45) is 10.3 Å². The van der Waals surface area contributed by atoms with Crippen LogP contribution in [-0.2, 0) is 19.3 Å². The number of oxime groups is 2. The lowest BCUT2D eigenvalue weighted by Crippen LogP contribution is -2.31. The number of hydrogen-bond acceptors (Lipinski definition) is 9. The van der Waals surface area contributed by atoms with Gasteiger partial charge in [0.25, 0.3) is 5.91 Å². The van der Waals surface area contributed by atoms with E-state index in [2.05, 4.69) is 10.3 Å². The second-order valence-corrected chi connectivity index (χ2v) is 12.3. The Morgan fingerprint density at radius 2 is 1.15 bits per heavy atom. The maximum absolute atomic E-state index is 14.3. The molecule has 0 atom stereocenters. The maximum atomic E-state index is 14.3. The summed E-state index contributed by atoms with van der Waals surface area (Å²) in [6.07, 6.45) is 0. The highest BCUT2D eigenvalue weighted by Crippen LogP contribution is 2.40. The Kier molecular flexibility index (Phi) is 11.7. The number of benzene rings is 6. The van der Waals surface area contributed by atoms with Crippen LogP contribution < -0.4 is 4.90 Å². The Hall–Kier alpha value is -6.91. The van der Waals surface area contributed by atoms with Crippen LogP contribution in [0.3, 0.4) is 0 Å². The molecule has 6 rings (SSSR count). The Balaban J connectivity index is 1.61. The minimum atomic E-state index is -0.612. The summed E-state index contributed by atoms with van der Waals surface area (Å²) in [6, 6.07) is 45.7. The fourth-order valence-corrected chi connectivity index (χ4v) is 6.08. The zero-order chi connectivity index (χ0) is 38.0. The van der Waals surface area contributed by atoms with Crippen LogP contribution in [0.2, 0.25) is 0 Å². The smallest absolute Gasteiger partial charge is 0.332 e. The molecule has 6 aromatic carbocycles. The molecule has 0 saturated carbocycles. The molecular weight excluding hydrogens is 681 g/mol. The van der Waals surface area contributed by atoms with Crippen molar-refractivity contribution in [1.29, 1.82) is 0 Å². The van der Waals surface area contributed by atoms with Crippen molar-refractivity contribution >= 4 is 57.1 Å². The summed E-state index contributed by atoms with van der Waals surface area (Å²) in [5.41, 5.74) is 5.67. The lowest BCUT2D eigenvalue weighted by atomic mass is 9.95. The van der Waals surface area contributed by atoms with Gasteiger partial charge in [-0.25, -0.2) is 9.59 Å². The molecule has 0 aliphatic heterocycles. The van der Waals surface area contributed by atoms with Crippen molar-refractivity contribution in [2.45, 2.75) is 13.8 Å². The van der Waals surface area contributed by atoms with Gasteiger partial charge >= 0.3 is 11.9 Å². The molecule has 10 heteroatoms. The van der Waals surface area contributed by atoms with Gasteiger partial charge in [0.05, 0.1) is 17.9 Å². The van der Waals surface area contributed by atoms with Crippen molar-refractivity contribution in [2.75, 3.05) is 25.1 Å². The molecule has 0 aliphatic carbocycles. The zero-order valence-electron chi connectivity index (χ0n) is 30.0. The summed E-state index contributed by atoms with van der Waals surface area (Å²) in [6.45, 7) is 2.40. The first-order valence-corrected chi connectivity index (χ1v) is 17.3. The first-order valence-electron chi connectivity index (χ1n) is 17.3. The Morgan fingerprint density at radius 1 is 0.593 bits per heavy atom. The summed E-state index contributed by atoms with van der Waals surface area (Å²) in [5.74, 6) is -1.54. The van der Waals surface area contributed by atoms with E-state index >= 15 is 0 Å². The maximum Gasteiger partial charge on any atom is 0.332 e. The Morgan fingerprint density at radius 3 is 1.81 bits per heavy atom. The Bertz CT molecular complexity index is 2350. The number of anilines is 3. The van der Waals surface area contributed by atoms with E-state index < -0.39 is 11.9 Å². The zero-order valence-corrected chi connectivity index (χ0v) is 30.0. The van der Waals surface area contributed by atoms with Crippen LogP contribution in [0.25, 0.3) is 10.8 Å². The monoisotopic (exact) mass is 718 g/mol. The second kappa shape index (κ2) is 17.1. The average molecular weight is 719 g/mol. The molecule has 1 amide bonds. The standard InChI is InChI=1S/C44H38N4O6/c1-30(50)53-45-42(33-15-6-4-7-16-33)35-20-12-21-36(28-35)48(41-23-13-19-32-14-10-11-22-38(32)41)37-24-25-39(40(29-37)44(52)47(3)26-27-49)43(46-54-31(2)51)34-17-8-5-9-18-34/h4-25,28-29,49H,26-27H2,1-3H3/b45-42-,46-43-. The number of aliphatic hydroxyl groups excluding tert-OH is 1. The molecule has 1 N–H and O–H groups in total. The molecular formula is C44H38N4O6. The molecule has 0 spiro atoms. The van der Waals surface area contributed by atoms with E-state index in [-0.39, 0.29) is 30.3 Å². The van der Waals surface area contributed by atoms with Crippen molar-refractivity contribution in [3.63, 3.8) is 0 Å². The van der Waals surface area contributed by atoms with Gasteiger partial charge in [0.15, 0.2) is 0 Å². The van der Waals surface area contributed by atoms with Gasteiger partial charge in [-0.3, -0.25) is 4.79 Å². The topological polar surface area (TPSA) is 121 Å². The highest BCUT2D eigenvalue weighted by Gasteiger charge is 2.25. The van der Waals surface area contributed by atoms with Crippen LogP contribution in [0.4, 0.5) is 17.1 Å². The average Bonchev–Trinajstić information content (AvgIpc) is 3.19. The lowest BCUT2D eigenvalue weighted by Gasteiger charge is -2.29. The number of fused-ring (bicyclic) bond motifs is 1. The second-order valence-electron chi connectivity index (χ2n) is 12.3. The van der Waals surface area contributed by atoms with Gasteiger partial charge in [0.1, 0.15) is 11.4 Å². The summed E-state index contributed by atoms with van der Waals surface area (Å²) in [4.78, 5) is 51.9. The van der Waals surface area contributed by atoms with E-state index in [4.69, 9.17) is 9.68 Å². The first-order chi connectivity index (χ1) is 26.2. The van der Waals surface area contributed by atoms with Crippen LogP contribution in [-0.4, -0.2) is 59.5 Å². The molecule has 270 valence electrons. The molecule has 0 radical (unpaired) electrons.